The third-order valence-electron chi connectivity index (χ3n) is 5.20. The first-order valence-corrected chi connectivity index (χ1v) is 10.4. The molecule has 7 nitrogen and oxygen atoms in total. The lowest BCUT2D eigenvalue weighted by Crippen LogP contribution is -2.40. The molecule has 164 valence electrons. The van der Waals surface area contributed by atoms with Gasteiger partial charge in [-0.1, -0.05) is 44.2 Å². The Morgan fingerprint density at radius 2 is 1.87 bits per heavy atom. The van der Waals surface area contributed by atoms with E-state index in [0.29, 0.717) is 11.4 Å². The number of carbonyl (C=O) groups is 3. The highest BCUT2D eigenvalue weighted by atomic mass is 16.5. The van der Waals surface area contributed by atoms with Crippen molar-refractivity contribution in [3.05, 3.63) is 53.6 Å². The van der Waals surface area contributed by atoms with Crippen molar-refractivity contribution in [2.24, 2.45) is 0 Å². The number of para-hydroxylation sites is 3. The number of benzene rings is 2. The van der Waals surface area contributed by atoms with Crippen molar-refractivity contribution < 1.29 is 23.9 Å². The molecule has 2 aromatic rings. The Hall–Kier alpha value is -3.35. The predicted octanol–water partition coefficient (Wildman–Crippen LogP) is 3.80. The van der Waals surface area contributed by atoms with Crippen LogP contribution in [-0.4, -0.2) is 37.0 Å². The van der Waals surface area contributed by atoms with Gasteiger partial charge in [-0.05, 0) is 43.0 Å². The van der Waals surface area contributed by atoms with Crippen LogP contribution in [-0.2, 0) is 19.1 Å². The zero-order chi connectivity index (χ0) is 22.5. The Bertz CT molecular complexity index is 986. The van der Waals surface area contributed by atoms with Gasteiger partial charge in [0.25, 0.3) is 11.8 Å². The smallest absolute Gasteiger partial charge is 0.308 e. The average Bonchev–Trinajstić information content (AvgIpc) is 2.74. The lowest BCUT2D eigenvalue weighted by atomic mass is 9.98. The van der Waals surface area contributed by atoms with Crippen molar-refractivity contribution in [3.8, 4) is 5.75 Å². The maximum atomic E-state index is 12.6. The Morgan fingerprint density at radius 3 is 2.61 bits per heavy atom. The standard InChI is InChI=1S/C24H28N2O5/c1-15(2)18-9-7-8-16(3)23(18)25-24(29)17(4)31-22(28)12-13-26-19-10-5-6-11-20(19)30-14-21(26)27/h5-11,15,17H,12-14H2,1-4H3,(H,25,29)/t17-/m1/s1. The van der Waals surface area contributed by atoms with E-state index in [4.69, 9.17) is 9.47 Å². The summed E-state index contributed by atoms with van der Waals surface area (Å²) in [6, 6.07) is 13.0. The molecule has 0 fully saturated rings. The van der Waals surface area contributed by atoms with Crippen molar-refractivity contribution in [2.45, 2.75) is 46.1 Å². The van der Waals surface area contributed by atoms with E-state index in [2.05, 4.69) is 19.2 Å². The molecule has 0 saturated carbocycles. The van der Waals surface area contributed by atoms with Crippen LogP contribution in [0.25, 0.3) is 0 Å². The third kappa shape index (κ3) is 5.23. The van der Waals surface area contributed by atoms with Crippen LogP contribution in [0.5, 0.6) is 5.75 Å². The summed E-state index contributed by atoms with van der Waals surface area (Å²) in [7, 11) is 0. The van der Waals surface area contributed by atoms with Crippen molar-refractivity contribution in [3.63, 3.8) is 0 Å². The largest absolute Gasteiger partial charge is 0.482 e. The first kappa shape index (κ1) is 22.3. The average molecular weight is 424 g/mol. The second kappa shape index (κ2) is 9.64. The fourth-order valence-electron chi connectivity index (χ4n) is 3.48. The van der Waals surface area contributed by atoms with Gasteiger partial charge < -0.3 is 19.7 Å². The van der Waals surface area contributed by atoms with Crippen molar-refractivity contribution in [2.75, 3.05) is 23.4 Å². The molecular formula is C24H28N2O5. The van der Waals surface area contributed by atoms with Crippen LogP contribution in [0.15, 0.2) is 42.5 Å². The highest BCUT2D eigenvalue weighted by Crippen LogP contribution is 2.31. The molecular weight excluding hydrogens is 396 g/mol. The van der Waals surface area contributed by atoms with Gasteiger partial charge in [-0.3, -0.25) is 14.4 Å². The summed E-state index contributed by atoms with van der Waals surface area (Å²) in [5.74, 6) is -0.326. The molecule has 2 amide bonds. The number of nitrogens with one attached hydrogen (secondary N) is 1. The lowest BCUT2D eigenvalue weighted by molar-refractivity contribution is -0.153. The number of amides is 2. The van der Waals surface area contributed by atoms with Crippen LogP contribution in [0.4, 0.5) is 11.4 Å². The zero-order valence-electron chi connectivity index (χ0n) is 18.3. The molecule has 3 rings (SSSR count). The summed E-state index contributed by atoms with van der Waals surface area (Å²) < 4.78 is 10.7. The molecule has 0 aliphatic carbocycles. The molecule has 0 spiro atoms. The van der Waals surface area contributed by atoms with E-state index in [1.54, 1.807) is 18.2 Å². The molecule has 7 heteroatoms. The van der Waals surface area contributed by atoms with Crippen molar-refractivity contribution in [1.29, 1.82) is 0 Å². The number of hydrogen-bond acceptors (Lipinski definition) is 5. The van der Waals surface area contributed by atoms with Gasteiger partial charge in [-0.2, -0.15) is 0 Å². The van der Waals surface area contributed by atoms with E-state index in [1.807, 2.05) is 31.2 Å². The Morgan fingerprint density at radius 1 is 1.13 bits per heavy atom. The number of esters is 1. The van der Waals surface area contributed by atoms with Gasteiger partial charge in [0.15, 0.2) is 12.7 Å². The maximum Gasteiger partial charge on any atom is 0.308 e. The van der Waals surface area contributed by atoms with Gasteiger partial charge in [-0.25, -0.2) is 0 Å². The number of rotatable bonds is 7. The van der Waals surface area contributed by atoms with E-state index in [9.17, 15) is 14.4 Å². The number of aryl methyl sites for hydroxylation is 1. The van der Waals surface area contributed by atoms with E-state index >= 15 is 0 Å². The van der Waals surface area contributed by atoms with Crippen LogP contribution in [0, 0.1) is 6.92 Å². The normalized spacial score (nSPS) is 14.0. The topological polar surface area (TPSA) is 84.9 Å². The number of ether oxygens (including phenoxy) is 2. The first-order chi connectivity index (χ1) is 14.8. The van der Waals surface area contributed by atoms with Gasteiger partial charge in [0.05, 0.1) is 12.1 Å². The van der Waals surface area contributed by atoms with E-state index in [1.165, 1.54) is 11.8 Å². The van der Waals surface area contributed by atoms with E-state index in [0.717, 1.165) is 16.8 Å². The third-order valence-corrected chi connectivity index (χ3v) is 5.20. The molecule has 0 unspecified atom stereocenters. The summed E-state index contributed by atoms with van der Waals surface area (Å²) in [6.07, 6.45) is -0.987. The quantitative estimate of drug-likeness (QED) is 0.684. The molecule has 1 aliphatic rings. The van der Waals surface area contributed by atoms with Gasteiger partial charge in [0, 0.05) is 12.2 Å². The number of hydrogen-bond donors (Lipinski definition) is 1. The van der Waals surface area contributed by atoms with Gasteiger partial charge in [0.2, 0.25) is 0 Å². The van der Waals surface area contributed by atoms with Crippen LogP contribution in [0.2, 0.25) is 0 Å². The molecule has 0 bridgehead atoms. The minimum absolute atomic E-state index is 0.0285. The van der Waals surface area contributed by atoms with Crippen molar-refractivity contribution >= 4 is 29.2 Å². The summed E-state index contributed by atoms with van der Waals surface area (Å²) >= 11 is 0. The fraction of sp³-hybridized carbons (Fsp3) is 0.375. The summed E-state index contributed by atoms with van der Waals surface area (Å²) in [5.41, 5.74) is 3.35. The minimum Gasteiger partial charge on any atom is -0.482 e. The zero-order valence-corrected chi connectivity index (χ0v) is 18.3. The molecule has 0 radical (unpaired) electrons. The Balaban J connectivity index is 1.58. The first-order valence-electron chi connectivity index (χ1n) is 10.4. The molecule has 1 aliphatic heterocycles. The van der Waals surface area contributed by atoms with Crippen LogP contribution in [0.1, 0.15) is 44.2 Å². The van der Waals surface area contributed by atoms with E-state index < -0.39 is 18.0 Å². The number of nitrogens with zero attached hydrogens (tertiary/aromatic N) is 1. The van der Waals surface area contributed by atoms with Gasteiger partial charge >= 0.3 is 5.97 Å². The molecule has 2 aromatic carbocycles. The monoisotopic (exact) mass is 424 g/mol. The number of fused-ring (bicyclic) bond motifs is 1. The molecule has 0 saturated heterocycles. The maximum absolute atomic E-state index is 12.6. The highest BCUT2D eigenvalue weighted by molar-refractivity contribution is 5.98. The lowest BCUT2D eigenvalue weighted by Gasteiger charge is -2.29. The van der Waals surface area contributed by atoms with Crippen molar-refractivity contribution in [1.82, 2.24) is 0 Å². The van der Waals surface area contributed by atoms with E-state index in [-0.39, 0.29) is 31.4 Å². The van der Waals surface area contributed by atoms with Gasteiger partial charge in [-0.15, -0.1) is 0 Å². The van der Waals surface area contributed by atoms with Gasteiger partial charge in [0.1, 0.15) is 5.75 Å². The van der Waals surface area contributed by atoms with Crippen LogP contribution >= 0.6 is 0 Å². The Labute approximate surface area is 182 Å². The summed E-state index contributed by atoms with van der Waals surface area (Å²) in [5, 5.41) is 2.89. The number of carbonyl (C=O) groups excluding carboxylic acids is 3. The summed E-state index contributed by atoms with van der Waals surface area (Å²) in [6.45, 7) is 7.66. The molecule has 1 N–H and O–H groups in total. The van der Waals surface area contributed by atoms with Crippen LogP contribution in [0.3, 0.4) is 0 Å². The minimum atomic E-state index is -0.959. The molecule has 1 heterocycles. The molecule has 0 aromatic heterocycles. The fourth-order valence-corrected chi connectivity index (χ4v) is 3.48. The second-order valence-corrected chi connectivity index (χ2v) is 7.87. The molecule has 1 atom stereocenters. The predicted molar refractivity (Wildman–Crippen MR) is 118 cm³/mol. The highest BCUT2D eigenvalue weighted by Gasteiger charge is 2.26. The SMILES string of the molecule is Cc1cccc(C(C)C)c1NC(=O)[C@@H](C)OC(=O)CCN1C(=O)COc2ccccc21. The second-order valence-electron chi connectivity index (χ2n) is 7.87. The summed E-state index contributed by atoms with van der Waals surface area (Å²) in [4.78, 5) is 38.7. The number of anilines is 2. The molecule has 31 heavy (non-hydrogen) atoms. The Kier molecular flexibility index (Phi) is 6.95. The van der Waals surface area contributed by atoms with Crippen LogP contribution < -0.4 is 15.0 Å².